The minimum atomic E-state index is -3.47. The second kappa shape index (κ2) is 7.23. The van der Waals surface area contributed by atoms with Crippen molar-refractivity contribution < 1.29 is 13.2 Å². The Labute approximate surface area is 144 Å². The number of amides is 1. The van der Waals surface area contributed by atoms with Gasteiger partial charge >= 0.3 is 0 Å². The Morgan fingerprint density at radius 2 is 1.83 bits per heavy atom. The first-order valence-electron chi connectivity index (χ1n) is 8.92. The normalized spacial score (nSPS) is 19.1. The van der Waals surface area contributed by atoms with Crippen LogP contribution in [0.3, 0.4) is 0 Å². The Morgan fingerprint density at radius 3 is 2.62 bits per heavy atom. The van der Waals surface area contributed by atoms with Crippen LogP contribution in [0.4, 0.5) is 0 Å². The van der Waals surface area contributed by atoms with Crippen LogP contribution in [0, 0.1) is 0 Å². The largest absolute Gasteiger partial charge is 0.341 e. The fourth-order valence-corrected chi connectivity index (χ4v) is 5.13. The third-order valence-electron chi connectivity index (χ3n) is 4.98. The maximum Gasteiger partial charge on any atom is 0.243 e. The molecule has 0 unspecified atom stereocenters. The number of hydrogen-bond donors (Lipinski definition) is 0. The summed E-state index contributed by atoms with van der Waals surface area (Å²) in [7, 11) is -3.47. The highest BCUT2D eigenvalue weighted by molar-refractivity contribution is 7.89. The maximum atomic E-state index is 13.0. The standard InChI is InChI=1S/C18H26N2O3S/c1-2-5-18(21)19-10-4-11-20(13-12-19)24(22,23)17-9-8-15-6-3-7-16(15)14-17/h8-9,14H,2-7,10-13H2,1H3. The van der Waals surface area contributed by atoms with E-state index in [4.69, 9.17) is 0 Å². The van der Waals surface area contributed by atoms with E-state index in [0.29, 0.717) is 43.9 Å². The van der Waals surface area contributed by atoms with Crippen LogP contribution in [0.15, 0.2) is 23.1 Å². The quantitative estimate of drug-likeness (QED) is 0.836. The van der Waals surface area contributed by atoms with Gasteiger partial charge in [-0.3, -0.25) is 4.79 Å². The summed E-state index contributed by atoms with van der Waals surface area (Å²) in [5, 5.41) is 0. The number of carbonyl (C=O) groups excluding carboxylic acids is 1. The van der Waals surface area contributed by atoms with Gasteiger partial charge in [-0.15, -0.1) is 0 Å². The lowest BCUT2D eigenvalue weighted by atomic mass is 10.1. The molecule has 6 heteroatoms. The zero-order chi connectivity index (χ0) is 17.2. The van der Waals surface area contributed by atoms with Crippen molar-refractivity contribution in [2.45, 2.75) is 50.3 Å². The molecule has 1 aromatic rings. The zero-order valence-corrected chi connectivity index (χ0v) is 15.1. The number of carbonyl (C=O) groups is 1. The van der Waals surface area contributed by atoms with Gasteiger partial charge in [-0.2, -0.15) is 4.31 Å². The number of rotatable bonds is 4. The maximum absolute atomic E-state index is 13.0. The molecule has 3 rings (SSSR count). The molecule has 24 heavy (non-hydrogen) atoms. The minimum Gasteiger partial charge on any atom is -0.341 e. The molecule has 2 aliphatic rings. The van der Waals surface area contributed by atoms with Crippen molar-refractivity contribution in [3.63, 3.8) is 0 Å². The molecule has 1 heterocycles. The Balaban J connectivity index is 1.74. The highest BCUT2D eigenvalue weighted by Crippen LogP contribution is 2.26. The number of hydrogen-bond acceptors (Lipinski definition) is 3. The van der Waals surface area contributed by atoms with Gasteiger partial charge in [0.25, 0.3) is 0 Å². The smallest absolute Gasteiger partial charge is 0.243 e. The van der Waals surface area contributed by atoms with Gasteiger partial charge in [-0.25, -0.2) is 8.42 Å². The molecule has 1 amide bonds. The van der Waals surface area contributed by atoms with E-state index in [0.717, 1.165) is 25.7 Å². The molecular weight excluding hydrogens is 324 g/mol. The summed E-state index contributed by atoms with van der Waals surface area (Å²) in [5.74, 6) is 0.134. The third-order valence-corrected chi connectivity index (χ3v) is 6.87. The van der Waals surface area contributed by atoms with Crippen molar-refractivity contribution >= 4 is 15.9 Å². The second-order valence-corrected chi connectivity index (χ2v) is 8.61. The zero-order valence-electron chi connectivity index (χ0n) is 14.3. The summed E-state index contributed by atoms with van der Waals surface area (Å²) < 4.78 is 27.5. The molecule has 1 fully saturated rings. The first-order chi connectivity index (χ1) is 11.5. The van der Waals surface area contributed by atoms with Crippen molar-refractivity contribution in [3.8, 4) is 0 Å². The van der Waals surface area contributed by atoms with Crippen LogP contribution in [-0.2, 0) is 27.7 Å². The molecule has 0 atom stereocenters. The minimum absolute atomic E-state index is 0.134. The highest BCUT2D eigenvalue weighted by Gasteiger charge is 2.28. The molecule has 0 radical (unpaired) electrons. The van der Waals surface area contributed by atoms with Crippen molar-refractivity contribution in [1.29, 1.82) is 0 Å². The van der Waals surface area contributed by atoms with E-state index in [1.807, 2.05) is 24.0 Å². The van der Waals surface area contributed by atoms with E-state index in [2.05, 4.69) is 0 Å². The predicted octanol–water partition coefficient (Wildman–Crippen LogP) is 2.20. The van der Waals surface area contributed by atoms with Crippen molar-refractivity contribution in [1.82, 2.24) is 9.21 Å². The molecule has 5 nitrogen and oxygen atoms in total. The monoisotopic (exact) mass is 350 g/mol. The van der Waals surface area contributed by atoms with Gasteiger partial charge in [-0.1, -0.05) is 13.0 Å². The highest BCUT2D eigenvalue weighted by atomic mass is 32.2. The van der Waals surface area contributed by atoms with Crippen molar-refractivity contribution in [2.75, 3.05) is 26.2 Å². The van der Waals surface area contributed by atoms with Crippen LogP contribution in [0.2, 0.25) is 0 Å². The number of nitrogens with zero attached hydrogens (tertiary/aromatic N) is 2. The summed E-state index contributed by atoms with van der Waals surface area (Å²) in [6.45, 7) is 3.99. The number of benzene rings is 1. The topological polar surface area (TPSA) is 57.7 Å². The summed E-state index contributed by atoms with van der Waals surface area (Å²) in [6.07, 6.45) is 5.19. The average Bonchev–Trinajstić information content (AvgIpc) is 2.88. The van der Waals surface area contributed by atoms with Crippen LogP contribution in [-0.4, -0.2) is 49.7 Å². The first kappa shape index (κ1) is 17.4. The van der Waals surface area contributed by atoms with Gasteiger partial charge in [0.2, 0.25) is 15.9 Å². The number of fused-ring (bicyclic) bond motifs is 1. The van der Waals surface area contributed by atoms with E-state index < -0.39 is 10.0 Å². The van der Waals surface area contributed by atoms with Gasteiger partial charge in [0, 0.05) is 32.6 Å². The second-order valence-electron chi connectivity index (χ2n) is 6.67. The average molecular weight is 350 g/mol. The summed E-state index contributed by atoms with van der Waals surface area (Å²) in [4.78, 5) is 14.3. The molecule has 0 spiro atoms. The van der Waals surface area contributed by atoms with E-state index in [1.54, 1.807) is 10.4 Å². The van der Waals surface area contributed by atoms with Crippen LogP contribution in [0.25, 0.3) is 0 Å². The summed E-state index contributed by atoms with van der Waals surface area (Å²) >= 11 is 0. The third kappa shape index (κ3) is 3.49. The Hall–Kier alpha value is -1.40. The Kier molecular flexibility index (Phi) is 5.25. The molecule has 132 valence electrons. The van der Waals surface area contributed by atoms with E-state index in [9.17, 15) is 13.2 Å². The van der Waals surface area contributed by atoms with Gasteiger partial charge < -0.3 is 4.90 Å². The van der Waals surface area contributed by atoms with E-state index in [-0.39, 0.29) is 5.91 Å². The molecule has 1 aromatic carbocycles. The molecule has 0 saturated carbocycles. The van der Waals surface area contributed by atoms with E-state index in [1.165, 1.54) is 11.1 Å². The molecule has 1 saturated heterocycles. The number of sulfonamides is 1. The van der Waals surface area contributed by atoms with Gasteiger partial charge in [0.1, 0.15) is 0 Å². The summed E-state index contributed by atoms with van der Waals surface area (Å²) in [5.41, 5.74) is 2.45. The van der Waals surface area contributed by atoms with Gasteiger partial charge in [0.05, 0.1) is 4.90 Å². The van der Waals surface area contributed by atoms with Crippen LogP contribution in [0.5, 0.6) is 0 Å². The predicted molar refractivity (Wildman–Crippen MR) is 93.3 cm³/mol. The molecule has 0 aromatic heterocycles. The lowest BCUT2D eigenvalue weighted by Gasteiger charge is -2.22. The Morgan fingerprint density at radius 1 is 1.04 bits per heavy atom. The van der Waals surface area contributed by atoms with Crippen LogP contribution in [0.1, 0.15) is 43.7 Å². The fourth-order valence-electron chi connectivity index (χ4n) is 3.61. The van der Waals surface area contributed by atoms with Gasteiger partial charge in [0.15, 0.2) is 0 Å². The first-order valence-corrected chi connectivity index (χ1v) is 10.4. The lowest BCUT2D eigenvalue weighted by Crippen LogP contribution is -2.37. The van der Waals surface area contributed by atoms with E-state index >= 15 is 0 Å². The number of aryl methyl sites for hydroxylation is 2. The van der Waals surface area contributed by atoms with Gasteiger partial charge in [-0.05, 0) is 55.4 Å². The van der Waals surface area contributed by atoms with Crippen molar-refractivity contribution in [2.24, 2.45) is 0 Å². The fraction of sp³-hybridized carbons (Fsp3) is 0.611. The molecule has 0 bridgehead atoms. The molecule has 1 aliphatic heterocycles. The molecular formula is C18H26N2O3S. The van der Waals surface area contributed by atoms with Crippen LogP contribution < -0.4 is 0 Å². The van der Waals surface area contributed by atoms with Crippen molar-refractivity contribution in [3.05, 3.63) is 29.3 Å². The SMILES string of the molecule is CCCC(=O)N1CCCN(S(=O)(=O)c2ccc3c(c2)CCC3)CC1. The molecule has 1 aliphatic carbocycles. The van der Waals surface area contributed by atoms with Crippen LogP contribution >= 0.6 is 0 Å². The Bertz CT molecular complexity index is 715. The lowest BCUT2D eigenvalue weighted by molar-refractivity contribution is -0.131. The molecule has 0 N–H and O–H groups in total. The summed E-state index contributed by atoms with van der Waals surface area (Å²) in [6, 6.07) is 5.55.